The highest BCUT2D eigenvalue weighted by atomic mass is 32.2. The second-order valence-corrected chi connectivity index (χ2v) is 8.85. The summed E-state index contributed by atoms with van der Waals surface area (Å²) >= 11 is 0. The van der Waals surface area contributed by atoms with Crippen LogP contribution in [0, 0.1) is 11.3 Å². The lowest BCUT2D eigenvalue weighted by Gasteiger charge is -2.33. The molecule has 2 N–H and O–H groups in total. The summed E-state index contributed by atoms with van der Waals surface area (Å²) < 4.78 is 28.2. The van der Waals surface area contributed by atoms with Gasteiger partial charge in [0.1, 0.15) is 0 Å². The van der Waals surface area contributed by atoms with Crippen molar-refractivity contribution < 1.29 is 13.2 Å². The van der Waals surface area contributed by atoms with E-state index in [-0.39, 0.29) is 18.2 Å². The number of nitrogens with one attached hydrogen (secondary N) is 2. The third-order valence-corrected chi connectivity index (χ3v) is 6.44. The van der Waals surface area contributed by atoms with Gasteiger partial charge in [0.25, 0.3) is 10.2 Å². The molecule has 2 atom stereocenters. The Hall–Kier alpha value is -2.73. The molecule has 0 saturated carbocycles. The first-order valence-electron chi connectivity index (χ1n) is 8.87. The van der Waals surface area contributed by atoms with E-state index >= 15 is 0 Å². The Balaban J connectivity index is 1.83. The maximum Gasteiger partial charge on any atom is 0.279 e. The van der Waals surface area contributed by atoms with Crippen LogP contribution in [-0.2, 0) is 15.0 Å². The van der Waals surface area contributed by atoms with Gasteiger partial charge >= 0.3 is 0 Å². The third-order valence-electron chi connectivity index (χ3n) is 4.88. The molecule has 1 amide bonds. The summed E-state index contributed by atoms with van der Waals surface area (Å²) in [6, 6.07) is 16.7. The molecule has 2 unspecified atom stereocenters. The number of hydrogen-bond acceptors (Lipinski definition) is 4. The van der Waals surface area contributed by atoms with E-state index in [1.807, 2.05) is 36.4 Å². The minimum absolute atomic E-state index is 0.0924. The summed E-state index contributed by atoms with van der Waals surface area (Å²) in [5.74, 6) is -0.334. The molecule has 0 radical (unpaired) electrons. The van der Waals surface area contributed by atoms with Crippen LogP contribution < -0.4 is 10.0 Å². The molecule has 146 valence electrons. The number of amides is 1. The first kappa shape index (κ1) is 20.0. The van der Waals surface area contributed by atoms with Gasteiger partial charge < -0.3 is 5.32 Å². The molecule has 7 nitrogen and oxygen atoms in total. The van der Waals surface area contributed by atoms with Crippen molar-refractivity contribution in [1.82, 2.24) is 14.3 Å². The van der Waals surface area contributed by atoms with E-state index in [9.17, 15) is 13.2 Å². The molecule has 0 aromatic heterocycles. The van der Waals surface area contributed by atoms with Crippen molar-refractivity contribution in [3.05, 3.63) is 59.7 Å². The maximum atomic E-state index is 12.2. The Morgan fingerprint density at radius 1 is 1.07 bits per heavy atom. The van der Waals surface area contributed by atoms with E-state index in [1.54, 1.807) is 12.1 Å². The third kappa shape index (κ3) is 4.39. The number of hydrogen-bond donors (Lipinski definition) is 2. The zero-order chi connectivity index (χ0) is 20.3. The fourth-order valence-electron chi connectivity index (χ4n) is 3.21. The first-order valence-corrected chi connectivity index (χ1v) is 10.3. The van der Waals surface area contributed by atoms with E-state index in [2.05, 4.69) is 16.1 Å². The van der Waals surface area contributed by atoms with Gasteiger partial charge in [0.05, 0.1) is 11.6 Å². The van der Waals surface area contributed by atoms with Gasteiger partial charge in [0.2, 0.25) is 5.91 Å². The van der Waals surface area contributed by atoms with Gasteiger partial charge in [0, 0.05) is 39.0 Å². The van der Waals surface area contributed by atoms with Crippen LogP contribution in [0.5, 0.6) is 0 Å². The van der Waals surface area contributed by atoms with Gasteiger partial charge in [-0.3, -0.25) is 4.79 Å². The lowest BCUT2D eigenvalue weighted by atomic mass is 9.86. The summed E-state index contributed by atoms with van der Waals surface area (Å²) in [4.78, 5) is 11.8. The van der Waals surface area contributed by atoms with Gasteiger partial charge in [0.15, 0.2) is 0 Å². The molecule has 28 heavy (non-hydrogen) atoms. The molecule has 2 aromatic carbocycles. The Morgan fingerprint density at radius 3 is 2.18 bits per heavy atom. The van der Waals surface area contributed by atoms with Crippen molar-refractivity contribution in [2.45, 2.75) is 18.4 Å². The highest BCUT2D eigenvalue weighted by Crippen LogP contribution is 2.28. The molecule has 1 saturated heterocycles. The predicted octanol–water partition coefficient (Wildman–Crippen LogP) is 1.59. The summed E-state index contributed by atoms with van der Waals surface area (Å²) in [6.07, 6.45) is 0.0924. The highest BCUT2D eigenvalue weighted by Gasteiger charge is 2.33. The average Bonchev–Trinajstić information content (AvgIpc) is 2.68. The molecule has 1 aliphatic heterocycles. The highest BCUT2D eigenvalue weighted by molar-refractivity contribution is 7.87. The summed E-state index contributed by atoms with van der Waals surface area (Å²) in [5.41, 5.74) is 3.55. The van der Waals surface area contributed by atoms with Crippen LogP contribution in [-0.4, -0.2) is 45.3 Å². The number of carbonyl (C=O) groups excluding carboxylic acids is 1. The number of benzene rings is 2. The number of nitriles is 1. The first-order chi connectivity index (χ1) is 13.3. The SMILES string of the molecule is CN(C)S(=O)(=O)NC1CC(=O)NCC1c1ccc(-c2ccc(C#N)cc2)cc1. The van der Waals surface area contributed by atoms with Crippen LogP contribution in [0.4, 0.5) is 0 Å². The Labute approximate surface area is 165 Å². The van der Waals surface area contributed by atoms with Crippen molar-refractivity contribution in [2.24, 2.45) is 0 Å². The lowest BCUT2D eigenvalue weighted by molar-refractivity contribution is -0.122. The topological polar surface area (TPSA) is 102 Å². The van der Waals surface area contributed by atoms with Crippen molar-refractivity contribution in [1.29, 1.82) is 5.26 Å². The second-order valence-electron chi connectivity index (χ2n) is 6.94. The number of piperidine rings is 1. The molecule has 1 fully saturated rings. The molecule has 0 bridgehead atoms. The van der Waals surface area contributed by atoms with Gasteiger partial charge in [-0.2, -0.15) is 22.7 Å². The zero-order valence-electron chi connectivity index (χ0n) is 15.7. The zero-order valence-corrected chi connectivity index (χ0v) is 16.5. The summed E-state index contributed by atoms with van der Waals surface area (Å²) in [5, 5.41) is 11.7. The average molecular weight is 398 g/mol. The quantitative estimate of drug-likeness (QED) is 0.798. The van der Waals surface area contributed by atoms with Gasteiger partial charge in [-0.1, -0.05) is 36.4 Å². The van der Waals surface area contributed by atoms with Crippen LogP contribution >= 0.6 is 0 Å². The monoisotopic (exact) mass is 398 g/mol. The lowest BCUT2D eigenvalue weighted by Crippen LogP contribution is -2.52. The number of nitrogens with zero attached hydrogens (tertiary/aromatic N) is 2. The van der Waals surface area contributed by atoms with Crippen molar-refractivity contribution in [3.63, 3.8) is 0 Å². The molecular weight excluding hydrogens is 376 g/mol. The van der Waals surface area contributed by atoms with Crippen molar-refractivity contribution >= 4 is 16.1 Å². The molecule has 1 aliphatic rings. The molecule has 0 spiro atoms. The largest absolute Gasteiger partial charge is 0.355 e. The van der Waals surface area contributed by atoms with Gasteiger partial charge in [-0.05, 0) is 28.8 Å². The van der Waals surface area contributed by atoms with Crippen LogP contribution in [0.3, 0.4) is 0 Å². The number of carbonyl (C=O) groups is 1. The molecule has 2 aromatic rings. The fraction of sp³-hybridized carbons (Fsp3) is 0.300. The second kappa shape index (κ2) is 8.10. The van der Waals surface area contributed by atoms with E-state index in [0.29, 0.717) is 12.1 Å². The van der Waals surface area contributed by atoms with Gasteiger partial charge in [-0.15, -0.1) is 0 Å². The fourth-order valence-corrected chi connectivity index (χ4v) is 4.05. The minimum atomic E-state index is -3.64. The van der Waals surface area contributed by atoms with Crippen LogP contribution in [0.25, 0.3) is 11.1 Å². The maximum absolute atomic E-state index is 12.2. The Kier molecular flexibility index (Phi) is 5.79. The molecule has 1 heterocycles. The Bertz CT molecular complexity index is 993. The predicted molar refractivity (Wildman–Crippen MR) is 106 cm³/mol. The molecule has 8 heteroatoms. The molecule has 3 rings (SSSR count). The van der Waals surface area contributed by atoms with E-state index < -0.39 is 16.3 Å². The molecular formula is C20H22N4O3S. The van der Waals surface area contributed by atoms with Gasteiger partial charge in [-0.25, -0.2) is 0 Å². The summed E-state index contributed by atoms with van der Waals surface area (Å²) in [7, 11) is -0.741. The normalized spacial score (nSPS) is 19.9. The minimum Gasteiger partial charge on any atom is -0.355 e. The van der Waals surface area contributed by atoms with E-state index in [4.69, 9.17) is 5.26 Å². The number of rotatable bonds is 5. The van der Waals surface area contributed by atoms with Crippen LogP contribution in [0.15, 0.2) is 48.5 Å². The smallest absolute Gasteiger partial charge is 0.279 e. The summed E-state index contributed by atoms with van der Waals surface area (Å²) in [6.45, 7) is 0.371. The van der Waals surface area contributed by atoms with Crippen molar-refractivity contribution in [3.8, 4) is 17.2 Å². The molecule has 0 aliphatic carbocycles. The van der Waals surface area contributed by atoms with E-state index in [1.165, 1.54) is 14.1 Å². The Morgan fingerprint density at radius 2 is 1.64 bits per heavy atom. The van der Waals surface area contributed by atoms with E-state index in [0.717, 1.165) is 21.0 Å². The van der Waals surface area contributed by atoms with Crippen LogP contribution in [0.2, 0.25) is 0 Å². The van der Waals surface area contributed by atoms with Crippen molar-refractivity contribution in [2.75, 3.05) is 20.6 Å². The van der Waals surface area contributed by atoms with Crippen LogP contribution in [0.1, 0.15) is 23.5 Å². The standard InChI is InChI=1S/C20H22N4O3S/c1-24(2)28(26,27)23-19-11-20(25)22-13-18(19)17-9-7-16(8-10-17)15-5-3-14(12-21)4-6-15/h3-10,18-19,23H,11,13H2,1-2H3,(H,22,25).